The third-order valence-corrected chi connectivity index (χ3v) is 3.61. The Hall–Kier alpha value is -1.27. The highest BCUT2D eigenvalue weighted by Crippen LogP contribution is 2.29. The monoisotopic (exact) mass is 472 g/mol. The van der Waals surface area contributed by atoms with Gasteiger partial charge in [-0.15, -0.1) is 24.0 Å². The van der Waals surface area contributed by atoms with Gasteiger partial charge < -0.3 is 20.1 Å². The van der Waals surface area contributed by atoms with Gasteiger partial charge in [-0.25, -0.2) is 13.1 Å². The van der Waals surface area contributed by atoms with Crippen LogP contribution in [0.25, 0.3) is 0 Å². The predicted molar refractivity (Wildman–Crippen MR) is 107 cm³/mol. The highest BCUT2D eigenvalue weighted by Gasteiger charge is 2.06. The molecule has 10 heteroatoms. The molecule has 0 saturated carbocycles. The van der Waals surface area contributed by atoms with Crippen molar-refractivity contribution in [2.75, 3.05) is 45.9 Å². The number of sulfonamides is 1. The first kappa shape index (κ1) is 22.7. The molecule has 0 bridgehead atoms. The fraction of sp³-hybridized carbons (Fsp3) is 0.500. The van der Waals surface area contributed by atoms with Crippen molar-refractivity contribution in [1.29, 1.82) is 0 Å². The first-order valence-electron chi connectivity index (χ1n) is 7.04. The highest BCUT2D eigenvalue weighted by molar-refractivity contribution is 14.0. The van der Waals surface area contributed by atoms with Crippen molar-refractivity contribution in [3.63, 3.8) is 0 Å². The molecule has 0 aromatic heterocycles. The second kappa shape index (κ2) is 11.3. The number of guanidine groups is 1. The molecular weight excluding hydrogens is 447 g/mol. The lowest BCUT2D eigenvalue weighted by molar-refractivity contribution is 0.355. The van der Waals surface area contributed by atoms with Crippen molar-refractivity contribution >= 4 is 45.6 Å². The molecule has 0 heterocycles. The number of methoxy groups -OCH3 is 2. The number of nitrogens with one attached hydrogen (secondary N) is 3. The maximum Gasteiger partial charge on any atom is 0.208 e. The Kier molecular flexibility index (Phi) is 10.7. The van der Waals surface area contributed by atoms with Crippen LogP contribution < -0.4 is 24.8 Å². The maximum absolute atomic E-state index is 10.9. The van der Waals surface area contributed by atoms with Crippen LogP contribution in [0.4, 0.5) is 5.69 Å². The molecule has 0 saturated heterocycles. The third-order valence-electron chi connectivity index (χ3n) is 2.88. The minimum Gasteiger partial charge on any atom is -0.493 e. The molecule has 0 fully saturated rings. The summed E-state index contributed by atoms with van der Waals surface area (Å²) in [5, 5.41) is 6.23. The number of nitrogens with zero attached hydrogens (tertiary/aromatic N) is 1. The summed E-state index contributed by atoms with van der Waals surface area (Å²) in [5.74, 6) is 1.84. The standard InChI is InChI=1S/C14H24N4O4S.HI/c1-15-14(16-8-5-9-17-23(4,19)20)18-11-6-7-12(21-2)13(10-11)22-3;/h6-7,10,17H,5,8-9H2,1-4H3,(H2,15,16,18);1H. The van der Waals surface area contributed by atoms with E-state index in [1.807, 2.05) is 6.07 Å². The predicted octanol–water partition coefficient (Wildman–Crippen LogP) is 1.25. The van der Waals surface area contributed by atoms with E-state index < -0.39 is 10.0 Å². The van der Waals surface area contributed by atoms with Gasteiger partial charge in [-0.1, -0.05) is 0 Å². The summed E-state index contributed by atoms with van der Waals surface area (Å²) in [6.07, 6.45) is 1.78. The molecule has 0 aliphatic heterocycles. The van der Waals surface area contributed by atoms with E-state index in [4.69, 9.17) is 9.47 Å². The van der Waals surface area contributed by atoms with Gasteiger partial charge in [0, 0.05) is 31.9 Å². The number of aliphatic imine (C=N–C) groups is 1. The molecule has 1 aromatic carbocycles. The van der Waals surface area contributed by atoms with E-state index in [-0.39, 0.29) is 24.0 Å². The Morgan fingerprint density at radius 3 is 2.38 bits per heavy atom. The number of ether oxygens (including phenoxy) is 2. The Labute approximate surface area is 160 Å². The molecule has 24 heavy (non-hydrogen) atoms. The summed E-state index contributed by atoms with van der Waals surface area (Å²) < 4.78 is 34.8. The largest absolute Gasteiger partial charge is 0.493 e. The van der Waals surface area contributed by atoms with E-state index in [9.17, 15) is 8.42 Å². The lowest BCUT2D eigenvalue weighted by atomic mass is 10.3. The van der Waals surface area contributed by atoms with E-state index in [2.05, 4.69) is 20.3 Å². The second-order valence-electron chi connectivity index (χ2n) is 4.71. The Morgan fingerprint density at radius 1 is 1.17 bits per heavy atom. The lowest BCUT2D eigenvalue weighted by Crippen LogP contribution is -2.33. The normalized spacial score (nSPS) is 11.4. The second-order valence-corrected chi connectivity index (χ2v) is 6.55. The summed E-state index contributed by atoms with van der Waals surface area (Å²) in [4.78, 5) is 4.11. The molecule has 8 nitrogen and oxygen atoms in total. The Bertz CT molecular complexity index is 638. The Balaban J connectivity index is 0.00000529. The van der Waals surface area contributed by atoms with Gasteiger partial charge in [0.1, 0.15) is 0 Å². The van der Waals surface area contributed by atoms with Gasteiger partial charge in [0.05, 0.1) is 20.5 Å². The van der Waals surface area contributed by atoms with Gasteiger partial charge in [-0.2, -0.15) is 0 Å². The summed E-state index contributed by atoms with van der Waals surface area (Å²) in [5.41, 5.74) is 0.796. The number of hydrogen-bond acceptors (Lipinski definition) is 5. The van der Waals surface area contributed by atoms with E-state index in [1.165, 1.54) is 0 Å². The van der Waals surface area contributed by atoms with Gasteiger partial charge >= 0.3 is 0 Å². The van der Waals surface area contributed by atoms with Gasteiger partial charge in [-0.05, 0) is 18.6 Å². The van der Waals surface area contributed by atoms with Crippen LogP contribution in [-0.4, -0.2) is 55.0 Å². The number of benzene rings is 1. The quantitative estimate of drug-likeness (QED) is 0.228. The van der Waals surface area contributed by atoms with Crippen molar-refractivity contribution in [3.05, 3.63) is 18.2 Å². The number of halogens is 1. The summed E-state index contributed by atoms with van der Waals surface area (Å²) in [6.45, 7) is 0.953. The first-order valence-corrected chi connectivity index (χ1v) is 8.93. The average Bonchev–Trinajstić information content (AvgIpc) is 2.52. The number of hydrogen-bond donors (Lipinski definition) is 3. The number of rotatable bonds is 8. The Morgan fingerprint density at radius 2 is 1.83 bits per heavy atom. The van der Waals surface area contributed by atoms with E-state index in [0.29, 0.717) is 37.0 Å². The van der Waals surface area contributed by atoms with Crippen molar-refractivity contribution in [3.8, 4) is 11.5 Å². The van der Waals surface area contributed by atoms with Crippen LogP contribution in [0.5, 0.6) is 11.5 Å². The number of anilines is 1. The van der Waals surface area contributed by atoms with E-state index >= 15 is 0 Å². The maximum atomic E-state index is 10.9. The molecule has 1 rings (SSSR count). The molecule has 0 radical (unpaired) electrons. The molecule has 0 aliphatic rings. The van der Waals surface area contributed by atoms with Crippen LogP contribution in [0.1, 0.15) is 6.42 Å². The molecule has 1 aromatic rings. The van der Waals surface area contributed by atoms with E-state index in [0.717, 1.165) is 11.9 Å². The molecular formula is C14H25IN4O4S. The fourth-order valence-corrected chi connectivity index (χ4v) is 2.30. The fourth-order valence-electron chi connectivity index (χ4n) is 1.78. The molecule has 0 spiro atoms. The molecule has 0 atom stereocenters. The molecule has 0 unspecified atom stereocenters. The van der Waals surface area contributed by atoms with Crippen LogP contribution in [0.3, 0.4) is 0 Å². The zero-order valence-corrected chi connectivity index (χ0v) is 17.4. The molecule has 138 valence electrons. The molecule has 0 amide bonds. The van der Waals surface area contributed by atoms with Gasteiger partial charge in [0.25, 0.3) is 0 Å². The van der Waals surface area contributed by atoms with Crippen LogP contribution in [0.15, 0.2) is 23.2 Å². The van der Waals surface area contributed by atoms with Crippen molar-refractivity contribution in [1.82, 2.24) is 10.0 Å². The van der Waals surface area contributed by atoms with Crippen molar-refractivity contribution < 1.29 is 17.9 Å². The summed E-state index contributed by atoms with van der Waals surface area (Å²) in [6, 6.07) is 5.45. The molecule has 0 aliphatic carbocycles. The van der Waals surface area contributed by atoms with Gasteiger partial charge in [0.2, 0.25) is 10.0 Å². The first-order chi connectivity index (χ1) is 10.9. The summed E-state index contributed by atoms with van der Waals surface area (Å²) in [7, 11) is 1.67. The highest BCUT2D eigenvalue weighted by atomic mass is 127. The molecule has 3 N–H and O–H groups in total. The van der Waals surface area contributed by atoms with E-state index in [1.54, 1.807) is 33.4 Å². The van der Waals surface area contributed by atoms with Crippen molar-refractivity contribution in [2.24, 2.45) is 4.99 Å². The average molecular weight is 472 g/mol. The van der Waals surface area contributed by atoms with Crippen LogP contribution in [0.2, 0.25) is 0 Å². The third kappa shape index (κ3) is 8.55. The van der Waals surface area contributed by atoms with Gasteiger partial charge in [0.15, 0.2) is 17.5 Å². The SMILES string of the molecule is CN=C(NCCCNS(C)(=O)=O)Nc1ccc(OC)c(OC)c1.I. The summed E-state index contributed by atoms with van der Waals surface area (Å²) >= 11 is 0. The van der Waals surface area contributed by atoms with Crippen LogP contribution in [-0.2, 0) is 10.0 Å². The smallest absolute Gasteiger partial charge is 0.208 e. The van der Waals surface area contributed by atoms with Gasteiger partial charge in [-0.3, -0.25) is 4.99 Å². The zero-order chi connectivity index (χ0) is 17.3. The van der Waals surface area contributed by atoms with Crippen LogP contribution >= 0.6 is 24.0 Å². The zero-order valence-electron chi connectivity index (χ0n) is 14.3. The van der Waals surface area contributed by atoms with Crippen LogP contribution in [0, 0.1) is 0 Å². The lowest BCUT2D eigenvalue weighted by Gasteiger charge is -2.14. The minimum atomic E-state index is -3.14. The topological polar surface area (TPSA) is 101 Å². The van der Waals surface area contributed by atoms with Crippen molar-refractivity contribution in [2.45, 2.75) is 6.42 Å². The minimum absolute atomic E-state index is 0.